The zero-order valence-electron chi connectivity index (χ0n) is 10.1. The number of piperidine rings is 1. The Labute approximate surface area is 97.2 Å². The third-order valence-electron chi connectivity index (χ3n) is 3.91. The Bertz CT molecular complexity index is 257. The molecule has 0 bridgehead atoms. The Morgan fingerprint density at radius 1 is 1.44 bits per heavy atom. The van der Waals surface area contributed by atoms with E-state index >= 15 is 0 Å². The summed E-state index contributed by atoms with van der Waals surface area (Å²) < 4.78 is 0. The number of aliphatic hydroxyl groups is 1. The average molecular weight is 226 g/mol. The highest BCUT2D eigenvalue weighted by Crippen LogP contribution is 2.21. The first kappa shape index (κ1) is 11.9. The van der Waals surface area contributed by atoms with Crippen LogP contribution in [0.1, 0.15) is 25.7 Å². The summed E-state index contributed by atoms with van der Waals surface area (Å²) in [6, 6.07) is 0.523. The molecule has 2 heterocycles. The molecule has 16 heavy (non-hydrogen) atoms. The van der Waals surface area contributed by atoms with Crippen molar-refractivity contribution in [1.29, 1.82) is 0 Å². The molecule has 0 aromatic heterocycles. The van der Waals surface area contributed by atoms with Crippen molar-refractivity contribution in [3.05, 3.63) is 0 Å². The third kappa shape index (κ3) is 2.55. The fourth-order valence-corrected chi connectivity index (χ4v) is 2.78. The van der Waals surface area contributed by atoms with Gasteiger partial charge in [0.1, 0.15) is 0 Å². The van der Waals surface area contributed by atoms with Crippen molar-refractivity contribution in [2.45, 2.75) is 31.7 Å². The highest BCUT2D eigenvalue weighted by molar-refractivity contribution is 5.78. The van der Waals surface area contributed by atoms with Crippen molar-refractivity contribution >= 4 is 5.91 Å². The van der Waals surface area contributed by atoms with Crippen molar-refractivity contribution in [1.82, 2.24) is 9.80 Å². The lowest BCUT2D eigenvalue weighted by Crippen LogP contribution is -2.45. The van der Waals surface area contributed by atoms with E-state index in [9.17, 15) is 4.79 Å². The fraction of sp³-hybridized carbons (Fsp3) is 0.917. The van der Waals surface area contributed by atoms with E-state index in [2.05, 4.69) is 11.9 Å². The Balaban J connectivity index is 1.86. The molecule has 2 saturated heterocycles. The molecule has 0 saturated carbocycles. The Morgan fingerprint density at radius 2 is 2.25 bits per heavy atom. The predicted molar refractivity (Wildman–Crippen MR) is 62.0 cm³/mol. The Hall–Kier alpha value is -0.610. The highest BCUT2D eigenvalue weighted by Gasteiger charge is 2.31. The minimum absolute atomic E-state index is 0.142. The molecule has 1 N–H and O–H groups in total. The molecule has 0 aliphatic carbocycles. The van der Waals surface area contributed by atoms with Gasteiger partial charge < -0.3 is 14.9 Å². The van der Waals surface area contributed by atoms with Crippen LogP contribution in [-0.2, 0) is 4.79 Å². The van der Waals surface area contributed by atoms with E-state index in [1.165, 1.54) is 19.3 Å². The molecule has 1 amide bonds. The molecule has 0 aromatic carbocycles. The number of carbonyl (C=O) groups is 1. The first-order valence-corrected chi connectivity index (χ1v) is 6.29. The summed E-state index contributed by atoms with van der Waals surface area (Å²) in [4.78, 5) is 16.0. The molecule has 4 heteroatoms. The van der Waals surface area contributed by atoms with E-state index in [0.29, 0.717) is 12.5 Å². The third-order valence-corrected chi connectivity index (χ3v) is 3.91. The number of aliphatic hydroxyl groups excluding tert-OH is 1. The van der Waals surface area contributed by atoms with Crippen LogP contribution in [0.2, 0.25) is 0 Å². The zero-order valence-corrected chi connectivity index (χ0v) is 10.1. The number of carbonyl (C=O) groups excluding carboxylic acids is 1. The average Bonchev–Trinajstić information content (AvgIpc) is 2.63. The lowest BCUT2D eigenvalue weighted by Gasteiger charge is -2.35. The van der Waals surface area contributed by atoms with Gasteiger partial charge in [0.05, 0.1) is 0 Å². The smallest absolute Gasteiger partial charge is 0.223 e. The maximum absolute atomic E-state index is 11.7. The van der Waals surface area contributed by atoms with Crippen LogP contribution in [0.5, 0.6) is 0 Å². The van der Waals surface area contributed by atoms with Crippen LogP contribution < -0.4 is 0 Å². The number of nitrogens with zero attached hydrogens (tertiary/aromatic N) is 2. The van der Waals surface area contributed by atoms with Gasteiger partial charge in [0.25, 0.3) is 0 Å². The van der Waals surface area contributed by atoms with Gasteiger partial charge in [-0.05, 0) is 26.4 Å². The number of likely N-dealkylation sites (N-methyl/N-ethyl adjacent to an activating group) is 1. The number of hydrogen-bond donors (Lipinski definition) is 1. The first-order chi connectivity index (χ1) is 7.70. The summed E-state index contributed by atoms with van der Waals surface area (Å²) in [6.45, 7) is 2.89. The summed E-state index contributed by atoms with van der Waals surface area (Å²) >= 11 is 0. The molecule has 0 aromatic rings. The van der Waals surface area contributed by atoms with Gasteiger partial charge >= 0.3 is 0 Å². The monoisotopic (exact) mass is 226 g/mol. The number of likely N-dealkylation sites (tertiary alicyclic amines) is 2. The second-order valence-electron chi connectivity index (χ2n) is 5.18. The van der Waals surface area contributed by atoms with Crippen molar-refractivity contribution in [3.63, 3.8) is 0 Å². The van der Waals surface area contributed by atoms with Crippen LogP contribution in [0, 0.1) is 5.92 Å². The molecule has 2 unspecified atom stereocenters. The fourth-order valence-electron chi connectivity index (χ4n) is 2.78. The second kappa shape index (κ2) is 5.15. The molecule has 0 spiro atoms. The normalized spacial score (nSPS) is 32.4. The largest absolute Gasteiger partial charge is 0.396 e. The predicted octanol–water partition coefficient (Wildman–Crippen LogP) is 0.311. The lowest BCUT2D eigenvalue weighted by molar-refractivity contribution is -0.128. The maximum Gasteiger partial charge on any atom is 0.223 e. The quantitative estimate of drug-likeness (QED) is 0.753. The SMILES string of the molecule is CN1CCCCC1CN1CC(CO)CC1=O. The summed E-state index contributed by atoms with van der Waals surface area (Å²) in [7, 11) is 2.15. The van der Waals surface area contributed by atoms with Crippen molar-refractivity contribution < 1.29 is 9.90 Å². The van der Waals surface area contributed by atoms with Crippen molar-refractivity contribution in [2.75, 3.05) is 33.3 Å². The number of hydrogen-bond acceptors (Lipinski definition) is 3. The van der Waals surface area contributed by atoms with Crippen LogP contribution in [-0.4, -0.2) is 60.1 Å². The molecule has 2 atom stereocenters. The standard InChI is InChI=1S/C12H22N2O2/c1-13-5-3-2-4-11(13)8-14-7-10(9-15)6-12(14)16/h10-11,15H,2-9H2,1H3. The topological polar surface area (TPSA) is 43.8 Å². The van der Waals surface area contributed by atoms with Crippen molar-refractivity contribution in [3.8, 4) is 0 Å². The van der Waals surface area contributed by atoms with E-state index in [4.69, 9.17) is 5.11 Å². The van der Waals surface area contributed by atoms with Gasteiger partial charge in [-0.2, -0.15) is 0 Å². The first-order valence-electron chi connectivity index (χ1n) is 6.29. The van der Waals surface area contributed by atoms with Gasteiger partial charge in [0, 0.05) is 38.1 Å². The van der Waals surface area contributed by atoms with Crippen LogP contribution in [0.25, 0.3) is 0 Å². The van der Waals surface area contributed by atoms with E-state index in [1.54, 1.807) is 0 Å². The lowest BCUT2D eigenvalue weighted by atomic mass is 10.0. The molecule has 0 radical (unpaired) electrons. The van der Waals surface area contributed by atoms with Gasteiger partial charge in [-0.1, -0.05) is 6.42 Å². The van der Waals surface area contributed by atoms with E-state index in [-0.39, 0.29) is 18.4 Å². The molecule has 4 nitrogen and oxygen atoms in total. The van der Waals surface area contributed by atoms with Gasteiger partial charge in [0.15, 0.2) is 0 Å². The number of amides is 1. The van der Waals surface area contributed by atoms with Gasteiger partial charge in [-0.3, -0.25) is 4.79 Å². The van der Waals surface area contributed by atoms with Crippen molar-refractivity contribution in [2.24, 2.45) is 5.92 Å². The van der Waals surface area contributed by atoms with E-state index in [1.807, 2.05) is 4.90 Å². The minimum Gasteiger partial charge on any atom is -0.396 e. The summed E-state index contributed by atoms with van der Waals surface area (Å²) in [5, 5.41) is 9.07. The Morgan fingerprint density at radius 3 is 2.88 bits per heavy atom. The van der Waals surface area contributed by atoms with Gasteiger partial charge in [-0.25, -0.2) is 0 Å². The van der Waals surface area contributed by atoms with Gasteiger partial charge in [-0.15, -0.1) is 0 Å². The zero-order chi connectivity index (χ0) is 11.5. The maximum atomic E-state index is 11.7. The molecule has 92 valence electrons. The minimum atomic E-state index is 0.142. The van der Waals surface area contributed by atoms with Gasteiger partial charge in [0.2, 0.25) is 5.91 Å². The molecule has 2 rings (SSSR count). The number of rotatable bonds is 3. The summed E-state index contributed by atoms with van der Waals surface area (Å²) in [5.41, 5.74) is 0. The second-order valence-corrected chi connectivity index (χ2v) is 5.18. The molecule has 2 aliphatic rings. The van der Waals surface area contributed by atoms with E-state index in [0.717, 1.165) is 19.6 Å². The highest BCUT2D eigenvalue weighted by atomic mass is 16.3. The molecule has 2 fully saturated rings. The van der Waals surface area contributed by atoms with Crippen LogP contribution in [0.4, 0.5) is 0 Å². The molecule has 2 aliphatic heterocycles. The van der Waals surface area contributed by atoms with Crippen LogP contribution in [0.3, 0.4) is 0 Å². The molecular weight excluding hydrogens is 204 g/mol. The van der Waals surface area contributed by atoms with E-state index < -0.39 is 0 Å². The molecular formula is C12H22N2O2. The summed E-state index contributed by atoms with van der Waals surface area (Å²) in [5.74, 6) is 0.388. The summed E-state index contributed by atoms with van der Waals surface area (Å²) in [6.07, 6.45) is 4.29. The van der Waals surface area contributed by atoms with Crippen LogP contribution in [0.15, 0.2) is 0 Å². The van der Waals surface area contributed by atoms with Crippen LogP contribution >= 0.6 is 0 Å². The Kier molecular flexibility index (Phi) is 3.82.